The zero-order valence-electron chi connectivity index (χ0n) is 12.1. The maximum atomic E-state index is 11.6. The number of rotatable bonds is 6. The van der Waals surface area contributed by atoms with E-state index in [4.69, 9.17) is 10.6 Å². The maximum Gasteiger partial charge on any atom is 0.240 e. The first kappa shape index (κ1) is 15.5. The summed E-state index contributed by atoms with van der Waals surface area (Å²) >= 11 is 0. The van der Waals surface area contributed by atoms with E-state index >= 15 is 0 Å². The number of nitrogens with two attached hydrogens (primary N) is 1. The molecule has 0 heterocycles. The largest absolute Gasteiger partial charge is 0.497 e. The lowest BCUT2D eigenvalue weighted by Crippen LogP contribution is -2.46. The number of hydrogen-bond acceptors (Lipinski definition) is 4. The Morgan fingerprint density at radius 2 is 2.16 bits per heavy atom. The first-order valence-electron chi connectivity index (χ1n) is 6.21. The molecule has 0 spiro atoms. The van der Waals surface area contributed by atoms with Gasteiger partial charge in [0.1, 0.15) is 5.75 Å². The number of hydrazine groups is 1. The van der Waals surface area contributed by atoms with Crippen molar-refractivity contribution in [1.82, 2.24) is 10.3 Å². The second-order valence-electron chi connectivity index (χ2n) is 5.38. The number of ether oxygens (including phenoxy) is 1. The molecule has 0 aromatic heterocycles. The highest BCUT2D eigenvalue weighted by molar-refractivity contribution is 5.81. The van der Waals surface area contributed by atoms with Gasteiger partial charge in [-0.1, -0.05) is 12.1 Å². The minimum absolute atomic E-state index is 0.162. The number of methoxy groups -OCH3 is 1. The molecule has 1 amide bonds. The molecule has 0 fully saturated rings. The van der Waals surface area contributed by atoms with Crippen molar-refractivity contribution in [3.05, 3.63) is 29.8 Å². The Morgan fingerprint density at radius 1 is 1.47 bits per heavy atom. The Balaban J connectivity index is 2.64. The molecule has 0 saturated carbocycles. The van der Waals surface area contributed by atoms with Gasteiger partial charge in [0, 0.05) is 13.1 Å². The van der Waals surface area contributed by atoms with E-state index in [1.165, 1.54) is 0 Å². The third-order valence-corrected chi connectivity index (χ3v) is 3.00. The molecule has 0 bridgehead atoms. The number of amides is 1. The van der Waals surface area contributed by atoms with Gasteiger partial charge in [0.2, 0.25) is 5.91 Å². The SMILES string of the molecule is COc1cccc(CN(C)CC(C)(C)C(=O)NN)c1. The van der Waals surface area contributed by atoms with E-state index in [-0.39, 0.29) is 5.91 Å². The molecule has 0 aliphatic carbocycles. The van der Waals surface area contributed by atoms with Crippen LogP contribution < -0.4 is 16.0 Å². The lowest BCUT2D eigenvalue weighted by molar-refractivity contribution is -0.130. The van der Waals surface area contributed by atoms with Crippen LogP contribution in [-0.4, -0.2) is 31.5 Å². The van der Waals surface area contributed by atoms with Gasteiger partial charge < -0.3 is 9.64 Å². The van der Waals surface area contributed by atoms with E-state index in [9.17, 15) is 4.79 Å². The molecule has 0 aliphatic rings. The minimum Gasteiger partial charge on any atom is -0.497 e. The summed E-state index contributed by atoms with van der Waals surface area (Å²) in [7, 11) is 3.63. The smallest absolute Gasteiger partial charge is 0.240 e. The van der Waals surface area contributed by atoms with Gasteiger partial charge in [-0.15, -0.1) is 0 Å². The van der Waals surface area contributed by atoms with Gasteiger partial charge in [-0.05, 0) is 38.6 Å². The van der Waals surface area contributed by atoms with Crippen molar-refractivity contribution in [1.29, 1.82) is 0 Å². The summed E-state index contributed by atoms with van der Waals surface area (Å²) in [5.74, 6) is 5.87. The first-order chi connectivity index (χ1) is 8.89. The van der Waals surface area contributed by atoms with Gasteiger partial charge in [-0.25, -0.2) is 5.84 Å². The first-order valence-corrected chi connectivity index (χ1v) is 6.21. The summed E-state index contributed by atoms with van der Waals surface area (Å²) in [6.45, 7) is 5.11. The Kier molecular flexibility index (Phi) is 5.32. The Morgan fingerprint density at radius 3 is 2.74 bits per heavy atom. The van der Waals surface area contributed by atoms with E-state index in [1.807, 2.05) is 45.2 Å². The van der Waals surface area contributed by atoms with Crippen molar-refractivity contribution in [2.24, 2.45) is 11.3 Å². The predicted molar refractivity (Wildman–Crippen MR) is 75.4 cm³/mol. The Labute approximate surface area is 114 Å². The molecule has 1 rings (SSSR count). The molecule has 3 N–H and O–H groups in total. The van der Waals surface area contributed by atoms with Crippen molar-refractivity contribution in [3.63, 3.8) is 0 Å². The third kappa shape index (κ3) is 4.54. The summed E-state index contributed by atoms with van der Waals surface area (Å²) in [5.41, 5.74) is 2.83. The Hall–Kier alpha value is -1.59. The number of hydrogen-bond donors (Lipinski definition) is 2. The van der Waals surface area contributed by atoms with Crippen LogP contribution in [0.25, 0.3) is 0 Å². The summed E-state index contributed by atoms with van der Waals surface area (Å²) in [6, 6.07) is 7.90. The fourth-order valence-electron chi connectivity index (χ4n) is 2.08. The number of nitrogens with zero attached hydrogens (tertiary/aromatic N) is 1. The summed E-state index contributed by atoms with van der Waals surface area (Å²) in [4.78, 5) is 13.7. The molecule has 19 heavy (non-hydrogen) atoms. The van der Waals surface area contributed by atoms with Gasteiger partial charge in [-0.3, -0.25) is 10.2 Å². The summed E-state index contributed by atoms with van der Waals surface area (Å²) < 4.78 is 5.19. The van der Waals surface area contributed by atoms with Gasteiger partial charge in [0.25, 0.3) is 0 Å². The van der Waals surface area contributed by atoms with Crippen molar-refractivity contribution >= 4 is 5.91 Å². The van der Waals surface area contributed by atoms with E-state index in [0.29, 0.717) is 6.54 Å². The van der Waals surface area contributed by atoms with Crippen molar-refractivity contribution in [2.75, 3.05) is 20.7 Å². The third-order valence-electron chi connectivity index (χ3n) is 3.00. The average molecular weight is 265 g/mol. The molecule has 0 aliphatic heterocycles. The molecule has 0 saturated heterocycles. The van der Waals surface area contributed by atoms with E-state index < -0.39 is 5.41 Å². The zero-order valence-corrected chi connectivity index (χ0v) is 12.1. The molecule has 1 aromatic carbocycles. The molecular formula is C14H23N3O2. The highest BCUT2D eigenvalue weighted by Gasteiger charge is 2.28. The fourth-order valence-corrected chi connectivity index (χ4v) is 2.08. The maximum absolute atomic E-state index is 11.6. The standard InChI is InChI=1S/C14H23N3O2/c1-14(2,13(18)16-15)10-17(3)9-11-6-5-7-12(8-11)19-4/h5-8H,9-10,15H2,1-4H3,(H,16,18). The van der Waals surface area contributed by atoms with Crippen LogP contribution in [0.15, 0.2) is 24.3 Å². The van der Waals surface area contributed by atoms with Crippen LogP contribution in [0.3, 0.4) is 0 Å². The molecule has 0 unspecified atom stereocenters. The molecule has 0 radical (unpaired) electrons. The lowest BCUT2D eigenvalue weighted by Gasteiger charge is -2.28. The van der Waals surface area contributed by atoms with Crippen LogP contribution in [-0.2, 0) is 11.3 Å². The molecule has 106 valence electrons. The van der Waals surface area contributed by atoms with E-state index in [1.54, 1.807) is 7.11 Å². The highest BCUT2D eigenvalue weighted by atomic mass is 16.5. The predicted octanol–water partition coefficient (Wildman–Crippen LogP) is 1.14. The number of carbonyl (C=O) groups is 1. The van der Waals surface area contributed by atoms with Crippen molar-refractivity contribution < 1.29 is 9.53 Å². The van der Waals surface area contributed by atoms with Crippen molar-refractivity contribution in [2.45, 2.75) is 20.4 Å². The number of benzene rings is 1. The fraction of sp³-hybridized carbons (Fsp3) is 0.500. The van der Waals surface area contributed by atoms with Crippen LogP contribution in [0.4, 0.5) is 0 Å². The molecule has 0 atom stereocenters. The Bertz CT molecular complexity index is 432. The second-order valence-corrected chi connectivity index (χ2v) is 5.38. The van der Waals surface area contributed by atoms with Crippen LogP contribution >= 0.6 is 0 Å². The van der Waals surface area contributed by atoms with E-state index in [2.05, 4.69) is 10.3 Å². The van der Waals surface area contributed by atoms with Gasteiger partial charge >= 0.3 is 0 Å². The summed E-state index contributed by atoms with van der Waals surface area (Å²) in [5, 5.41) is 0. The number of nitrogens with one attached hydrogen (secondary N) is 1. The molecule has 5 nitrogen and oxygen atoms in total. The zero-order chi connectivity index (χ0) is 14.5. The number of carbonyl (C=O) groups excluding carboxylic acids is 1. The van der Waals surface area contributed by atoms with Gasteiger partial charge in [0.05, 0.1) is 12.5 Å². The monoisotopic (exact) mass is 265 g/mol. The highest BCUT2D eigenvalue weighted by Crippen LogP contribution is 2.19. The normalized spacial score (nSPS) is 11.5. The van der Waals surface area contributed by atoms with Crippen LogP contribution in [0.1, 0.15) is 19.4 Å². The van der Waals surface area contributed by atoms with E-state index in [0.717, 1.165) is 17.9 Å². The molecule has 1 aromatic rings. The second kappa shape index (κ2) is 6.54. The van der Waals surface area contributed by atoms with Crippen LogP contribution in [0.5, 0.6) is 5.75 Å². The van der Waals surface area contributed by atoms with Crippen LogP contribution in [0.2, 0.25) is 0 Å². The summed E-state index contributed by atoms with van der Waals surface area (Å²) in [6.07, 6.45) is 0. The molecule has 5 heteroatoms. The topological polar surface area (TPSA) is 67.6 Å². The van der Waals surface area contributed by atoms with Gasteiger partial charge in [0.15, 0.2) is 0 Å². The quantitative estimate of drug-likeness (QED) is 0.460. The average Bonchev–Trinajstić information content (AvgIpc) is 2.37. The lowest BCUT2D eigenvalue weighted by atomic mass is 9.92. The minimum atomic E-state index is -0.525. The molecular weight excluding hydrogens is 242 g/mol. The van der Waals surface area contributed by atoms with Crippen LogP contribution in [0, 0.1) is 5.41 Å². The van der Waals surface area contributed by atoms with Gasteiger partial charge in [-0.2, -0.15) is 0 Å². The van der Waals surface area contributed by atoms with Crippen molar-refractivity contribution in [3.8, 4) is 5.75 Å².